The van der Waals surface area contributed by atoms with Gasteiger partial charge < -0.3 is 16.0 Å². The van der Waals surface area contributed by atoms with Gasteiger partial charge in [-0.25, -0.2) is 9.97 Å². The van der Waals surface area contributed by atoms with Gasteiger partial charge in [0.1, 0.15) is 5.69 Å². The van der Waals surface area contributed by atoms with Crippen molar-refractivity contribution < 1.29 is 13.2 Å². The molecule has 0 aliphatic carbocycles. The van der Waals surface area contributed by atoms with Crippen molar-refractivity contribution in [1.29, 1.82) is 0 Å². The monoisotopic (exact) mass is 528 g/mol. The van der Waals surface area contributed by atoms with Gasteiger partial charge in [0.15, 0.2) is 5.96 Å². The van der Waals surface area contributed by atoms with E-state index in [4.69, 9.17) is 0 Å². The first-order chi connectivity index (χ1) is 12.9. The Kier molecular flexibility index (Phi) is 10.5. The van der Waals surface area contributed by atoms with Crippen molar-refractivity contribution >= 4 is 47.2 Å². The SMILES string of the molecule is CN=C(NCCNc1nccc(C(F)(F)F)n1)NCC(C)Cc1cccs1.I. The molecule has 0 aliphatic heterocycles. The smallest absolute Gasteiger partial charge is 0.356 e. The van der Waals surface area contributed by atoms with Crippen LogP contribution in [0, 0.1) is 5.92 Å². The number of aromatic nitrogens is 2. The maximum absolute atomic E-state index is 12.6. The summed E-state index contributed by atoms with van der Waals surface area (Å²) in [4.78, 5) is 12.7. The largest absolute Gasteiger partial charge is 0.433 e. The van der Waals surface area contributed by atoms with Crippen LogP contribution in [0.3, 0.4) is 0 Å². The predicted octanol–water partition coefficient (Wildman–Crippen LogP) is 3.63. The molecule has 2 heterocycles. The van der Waals surface area contributed by atoms with E-state index in [9.17, 15) is 13.2 Å². The van der Waals surface area contributed by atoms with E-state index in [1.165, 1.54) is 4.88 Å². The third kappa shape index (κ3) is 8.59. The number of rotatable bonds is 8. The molecule has 1 unspecified atom stereocenters. The van der Waals surface area contributed by atoms with Crippen molar-refractivity contribution in [1.82, 2.24) is 20.6 Å². The lowest BCUT2D eigenvalue weighted by Gasteiger charge is -2.16. The first kappa shape index (κ1) is 24.4. The fraction of sp³-hybridized carbons (Fsp3) is 0.471. The summed E-state index contributed by atoms with van der Waals surface area (Å²) in [5.74, 6) is 1.03. The second-order valence-corrected chi connectivity index (χ2v) is 6.99. The molecule has 0 aliphatic rings. The van der Waals surface area contributed by atoms with Gasteiger partial charge in [-0.2, -0.15) is 13.2 Å². The number of anilines is 1. The van der Waals surface area contributed by atoms with E-state index in [1.54, 1.807) is 18.4 Å². The van der Waals surface area contributed by atoms with E-state index >= 15 is 0 Å². The number of thiophene rings is 1. The average molecular weight is 528 g/mol. The van der Waals surface area contributed by atoms with Gasteiger partial charge in [-0.1, -0.05) is 13.0 Å². The number of hydrogen-bond donors (Lipinski definition) is 3. The summed E-state index contributed by atoms with van der Waals surface area (Å²) < 4.78 is 37.9. The van der Waals surface area contributed by atoms with Crippen molar-refractivity contribution in [3.05, 3.63) is 40.3 Å². The Bertz CT molecular complexity index is 724. The molecule has 6 nitrogen and oxygen atoms in total. The molecule has 0 aromatic carbocycles. The third-order valence-corrected chi connectivity index (χ3v) is 4.52. The molecule has 2 rings (SSSR count). The Morgan fingerprint density at radius 3 is 2.68 bits per heavy atom. The second-order valence-electron chi connectivity index (χ2n) is 5.96. The first-order valence-corrected chi connectivity index (χ1v) is 9.37. The topological polar surface area (TPSA) is 74.2 Å². The molecule has 3 N–H and O–H groups in total. The Balaban J connectivity index is 0.00000392. The van der Waals surface area contributed by atoms with Gasteiger partial charge in [-0.15, -0.1) is 35.3 Å². The fourth-order valence-corrected chi connectivity index (χ4v) is 3.16. The highest BCUT2D eigenvalue weighted by atomic mass is 127. The average Bonchev–Trinajstić information content (AvgIpc) is 3.13. The highest BCUT2D eigenvalue weighted by Crippen LogP contribution is 2.27. The highest BCUT2D eigenvalue weighted by molar-refractivity contribution is 14.0. The zero-order valence-corrected chi connectivity index (χ0v) is 18.7. The van der Waals surface area contributed by atoms with Gasteiger partial charge in [0.05, 0.1) is 0 Å². The number of halogens is 4. The van der Waals surface area contributed by atoms with E-state index in [0.717, 1.165) is 25.2 Å². The van der Waals surface area contributed by atoms with Crippen LogP contribution in [0.5, 0.6) is 0 Å². The van der Waals surface area contributed by atoms with Crippen LogP contribution in [-0.2, 0) is 12.6 Å². The van der Waals surface area contributed by atoms with Crippen LogP contribution in [0.2, 0.25) is 0 Å². The van der Waals surface area contributed by atoms with E-state index in [-0.39, 0.29) is 29.9 Å². The molecule has 0 fully saturated rings. The lowest BCUT2D eigenvalue weighted by molar-refractivity contribution is -0.141. The number of alkyl halides is 3. The summed E-state index contributed by atoms with van der Waals surface area (Å²) in [5, 5.41) is 11.2. The molecule has 11 heteroatoms. The number of hydrogen-bond acceptors (Lipinski definition) is 5. The van der Waals surface area contributed by atoms with Crippen LogP contribution in [0.15, 0.2) is 34.8 Å². The van der Waals surface area contributed by atoms with E-state index < -0.39 is 11.9 Å². The maximum Gasteiger partial charge on any atom is 0.433 e. The normalized spacial score (nSPS) is 12.8. The Morgan fingerprint density at radius 2 is 2.04 bits per heavy atom. The van der Waals surface area contributed by atoms with Gasteiger partial charge in [-0.3, -0.25) is 4.99 Å². The van der Waals surface area contributed by atoms with Crippen molar-refractivity contribution in [3.8, 4) is 0 Å². The molecule has 2 aromatic heterocycles. The minimum absolute atomic E-state index is 0. The quantitative estimate of drug-likeness (QED) is 0.211. The van der Waals surface area contributed by atoms with E-state index in [2.05, 4.69) is 49.3 Å². The van der Waals surface area contributed by atoms with Crippen LogP contribution >= 0.6 is 35.3 Å². The van der Waals surface area contributed by atoms with Crippen LogP contribution in [0.25, 0.3) is 0 Å². The van der Waals surface area contributed by atoms with Crippen LogP contribution < -0.4 is 16.0 Å². The molecule has 0 bridgehead atoms. The summed E-state index contributed by atoms with van der Waals surface area (Å²) in [5.41, 5.74) is -0.967. The molecule has 0 radical (unpaired) electrons. The van der Waals surface area contributed by atoms with E-state index in [1.807, 2.05) is 6.07 Å². The first-order valence-electron chi connectivity index (χ1n) is 8.49. The minimum atomic E-state index is -4.48. The molecule has 28 heavy (non-hydrogen) atoms. The molecule has 0 amide bonds. The molecule has 0 spiro atoms. The standard InChI is InChI=1S/C17H23F3N6S.HI/c1-12(10-13-4-3-9-27-13)11-25-15(21-2)23-7-8-24-16-22-6-5-14(26-16)17(18,19)20;/h3-6,9,12H,7-8,10-11H2,1-2H3,(H2,21,23,25)(H,22,24,26);1H. The number of guanidine groups is 1. The molecular weight excluding hydrogens is 504 g/mol. The summed E-state index contributed by atoms with van der Waals surface area (Å²) in [6.07, 6.45) is -2.40. The van der Waals surface area contributed by atoms with Crippen molar-refractivity contribution in [2.75, 3.05) is 32.0 Å². The minimum Gasteiger partial charge on any atom is -0.356 e. The fourth-order valence-electron chi connectivity index (χ4n) is 2.29. The van der Waals surface area contributed by atoms with Gasteiger partial charge in [0.2, 0.25) is 5.95 Å². The van der Waals surface area contributed by atoms with Crippen molar-refractivity contribution in [2.24, 2.45) is 10.9 Å². The molecule has 2 aromatic rings. The van der Waals surface area contributed by atoms with Gasteiger partial charge in [0.25, 0.3) is 0 Å². The van der Waals surface area contributed by atoms with Crippen molar-refractivity contribution in [3.63, 3.8) is 0 Å². The molecule has 0 saturated carbocycles. The van der Waals surface area contributed by atoms with Crippen molar-refractivity contribution in [2.45, 2.75) is 19.5 Å². The zero-order valence-electron chi connectivity index (χ0n) is 15.6. The molecule has 1 atom stereocenters. The van der Waals surface area contributed by atoms with Crippen LogP contribution in [-0.4, -0.2) is 42.6 Å². The lowest BCUT2D eigenvalue weighted by atomic mass is 10.1. The number of nitrogens with zero attached hydrogens (tertiary/aromatic N) is 3. The summed E-state index contributed by atoms with van der Waals surface area (Å²) in [7, 11) is 1.67. The maximum atomic E-state index is 12.6. The van der Waals surface area contributed by atoms with Gasteiger partial charge >= 0.3 is 6.18 Å². The van der Waals surface area contributed by atoms with Gasteiger partial charge in [0, 0.05) is 37.8 Å². The summed E-state index contributed by atoms with van der Waals surface area (Å²) in [6.45, 7) is 3.74. The Morgan fingerprint density at radius 1 is 1.25 bits per heavy atom. The highest BCUT2D eigenvalue weighted by Gasteiger charge is 2.32. The lowest BCUT2D eigenvalue weighted by Crippen LogP contribution is -2.41. The molecule has 156 valence electrons. The number of aliphatic imine (C=N–C) groups is 1. The van der Waals surface area contributed by atoms with Gasteiger partial charge in [-0.05, 0) is 29.9 Å². The van der Waals surface area contributed by atoms with E-state index in [0.29, 0.717) is 25.0 Å². The molecule has 0 saturated heterocycles. The Labute approximate surface area is 183 Å². The summed E-state index contributed by atoms with van der Waals surface area (Å²) >= 11 is 1.74. The Hall–Kier alpha value is -1.63. The third-order valence-electron chi connectivity index (χ3n) is 3.62. The van der Waals surface area contributed by atoms with Crippen LogP contribution in [0.4, 0.5) is 19.1 Å². The molecular formula is C17H24F3IN6S. The summed E-state index contributed by atoms with van der Waals surface area (Å²) in [6, 6.07) is 5.00. The second kappa shape index (κ2) is 12.0. The zero-order chi connectivity index (χ0) is 19.7. The van der Waals surface area contributed by atoms with Crippen LogP contribution in [0.1, 0.15) is 17.5 Å². The number of nitrogens with one attached hydrogen (secondary N) is 3. The predicted molar refractivity (Wildman–Crippen MR) is 117 cm³/mol.